The van der Waals surface area contributed by atoms with E-state index in [1.165, 1.54) is 12.1 Å². The Kier molecular flexibility index (Phi) is 4.25. The van der Waals surface area contributed by atoms with Crippen LogP contribution in [0.3, 0.4) is 0 Å². The first-order chi connectivity index (χ1) is 11.6. The predicted octanol–water partition coefficient (Wildman–Crippen LogP) is 4.32. The number of fused-ring (bicyclic) bond motifs is 2. The number of benzene rings is 2. The third kappa shape index (κ3) is 2.97. The fourth-order valence-corrected chi connectivity index (χ4v) is 2.55. The molecule has 3 rings (SSSR count). The molecule has 0 aromatic heterocycles. The zero-order valence-corrected chi connectivity index (χ0v) is 13.2. The van der Waals surface area contributed by atoms with Gasteiger partial charge in [0.15, 0.2) is 11.5 Å². The molecule has 1 heterocycles. The quantitative estimate of drug-likeness (QED) is 0.605. The molecule has 0 amide bonds. The highest BCUT2D eigenvalue weighted by atomic mass is 16.5. The first kappa shape index (κ1) is 15.7. The number of carbonyl (C=O) groups is 1. The van der Waals surface area contributed by atoms with Crippen LogP contribution in [0, 0.1) is 11.3 Å². The number of nitrogens with zero attached hydrogens (tertiary/aromatic N) is 1. The largest absolute Gasteiger partial charge is 0.478 e. The molecule has 0 aliphatic carbocycles. The lowest BCUT2D eigenvalue weighted by atomic mass is 10.1. The maximum absolute atomic E-state index is 11.5. The minimum atomic E-state index is -1.11. The molecule has 0 fully saturated rings. The van der Waals surface area contributed by atoms with E-state index in [0.29, 0.717) is 22.9 Å². The van der Waals surface area contributed by atoms with E-state index in [2.05, 4.69) is 17.6 Å². The van der Waals surface area contributed by atoms with E-state index < -0.39 is 5.97 Å². The molecule has 0 unspecified atom stereocenters. The number of hydrogen-bond acceptors (Lipinski definition) is 5. The van der Waals surface area contributed by atoms with Crippen LogP contribution in [-0.4, -0.2) is 17.6 Å². The fraction of sp³-hybridized carbons (Fsp3) is 0.222. The Morgan fingerprint density at radius 1 is 1.33 bits per heavy atom. The van der Waals surface area contributed by atoms with Gasteiger partial charge in [0.1, 0.15) is 0 Å². The van der Waals surface area contributed by atoms with Crippen LogP contribution in [0.2, 0.25) is 0 Å². The van der Waals surface area contributed by atoms with Crippen molar-refractivity contribution in [2.45, 2.75) is 19.8 Å². The first-order valence-corrected chi connectivity index (χ1v) is 7.76. The summed E-state index contributed by atoms with van der Waals surface area (Å²) in [6.45, 7) is 3.00. The lowest BCUT2D eigenvalue weighted by Crippen LogP contribution is -2.10. The van der Waals surface area contributed by atoms with Gasteiger partial charge >= 0.3 is 5.97 Å². The molecule has 3 N–H and O–H groups in total. The third-order valence-electron chi connectivity index (χ3n) is 3.78. The van der Waals surface area contributed by atoms with Gasteiger partial charge in [-0.05, 0) is 30.7 Å². The molecule has 6 heteroatoms. The highest BCUT2D eigenvalue weighted by Crippen LogP contribution is 2.45. The molecule has 1 aliphatic heterocycles. The summed E-state index contributed by atoms with van der Waals surface area (Å²) in [4.78, 5) is 11.5. The van der Waals surface area contributed by atoms with E-state index in [1.807, 2.05) is 24.3 Å². The monoisotopic (exact) mass is 323 g/mol. The molecule has 0 spiro atoms. The van der Waals surface area contributed by atoms with Crippen molar-refractivity contribution in [3.05, 3.63) is 41.5 Å². The molecule has 0 radical (unpaired) electrons. The van der Waals surface area contributed by atoms with Crippen molar-refractivity contribution in [1.29, 1.82) is 5.26 Å². The molecular weight excluding hydrogens is 306 g/mol. The van der Waals surface area contributed by atoms with Crippen LogP contribution in [0.15, 0.2) is 30.3 Å². The predicted molar refractivity (Wildman–Crippen MR) is 91.3 cm³/mol. The van der Waals surface area contributed by atoms with Gasteiger partial charge in [-0.3, -0.25) is 0 Å². The Hall–Kier alpha value is -3.20. The molecule has 1 aliphatic rings. The summed E-state index contributed by atoms with van der Waals surface area (Å²) in [5.41, 5.74) is 2.25. The Morgan fingerprint density at radius 2 is 2.17 bits per heavy atom. The van der Waals surface area contributed by atoms with Gasteiger partial charge < -0.3 is 20.5 Å². The van der Waals surface area contributed by atoms with E-state index in [-0.39, 0.29) is 11.1 Å². The smallest absolute Gasteiger partial charge is 0.338 e. The van der Waals surface area contributed by atoms with Crippen molar-refractivity contribution in [2.75, 3.05) is 17.2 Å². The number of rotatable bonds is 5. The van der Waals surface area contributed by atoms with E-state index >= 15 is 0 Å². The number of aromatic carboxylic acids is 1. The molecule has 6 nitrogen and oxygen atoms in total. The van der Waals surface area contributed by atoms with Gasteiger partial charge in [0, 0.05) is 18.3 Å². The summed E-state index contributed by atoms with van der Waals surface area (Å²) in [5.74, 6) is -0.180. The zero-order valence-electron chi connectivity index (χ0n) is 13.2. The van der Waals surface area contributed by atoms with Gasteiger partial charge in [-0.15, -0.1) is 0 Å². The Bertz CT molecular complexity index is 840. The van der Waals surface area contributed by atoms with Crippen LogP contribution in [0.1, 0.15) is 35.7 Å². The molecular formula is C18H17N3O3. The van der Waals surface area contributed by atoms with Crippen LogP contribution in [0.5, 0.6) is 11.5 Å². The topological polar surface area (TPSA) is 94.4 Å². The molecule has 0 bridgehead atoms. The highest BCUT2D eigenvalue weighted by molar-refractivity contribution is 5.99. The standard InChI is InChI=1S/C18H17N3O3/c1-2-3-6-20-12-4-5-15-14(9-12)21-17-13(18(22)23)7-11(10-19)8-16(17)24-15/h4-5,7-9,20-21H,2-3,6H2,1H3,(H,22,23). The SMILES string of the molecule is CCCCNc1ccc2c(c1)Nc1c(cc(C#N)cc1C(=O)O)O2. The zero-order chi connectivity index (χ0) is 17.1. The van der Waals surface area contributed by atoms with Gasteiger partial charge in [0.25, 0.3) is 0 Å². The summed E-state index contributed by atoms with van der Waals surface area (Å²) < 4.78 is 5.79. The molecule has 2 aromatic rings. The Morgan fingerprint density at radius 3 is 2.88 bits per heavy atom. The minimum absolute atomic E-state index is 0.0130. The van der Waals surface area contributed by atoms with E-state index in [1.54, 1.807) is 0 Å². The molecule has 0 atom stereocenters. The van der Waals surface area contributed by atoms with Crippen molar-refractivity contribution >= 4 is 23.0 Å². The molecule has 0 saturated carbocycles. The normalized spacial score (nSPS) is 11.3. The number of nitrogens with one attached hydrogen (secondary N) is 2. The summed E-state index contributed by atoms with van der Waals surface area (Å²) in [6, 6.07) is 10.4. The van der Waals surface area contributed by atoms with Crippen molar-refractivity contribution in [3.63, 3.8) is 0 Å². The molecule has 0 saturated heterocycles. The van der Waals surface area contributed by atoms with Crippen LogP contribution < -0.4 is 15.4 Å². The Labute approximate surface area is 139 Å². The van der Waals surface area contributed by atoms with Gasteiger partial charge in [-0.25, -0.2) is 4.79 Å². The van der Waals surface area contributed by atoms with Crippen LogP contribution in [0.25, 0.3) is 0 Å². The second-order valence-corrected chi connectivity index (χ2v) is 5.53. The fourth-order valence-electron chi connectivity index (χ4n) is 2.55. The van der Waals surface area contributed by atoms with Gasteiger partial charge in [0.05, 0.1) is 28.6 Å². The van der Waals surface area contributed by atoms with Crippen molar-refractivity contribution in [3.8, 4) is 17.6 Å². The Balaban J connectivity index is 1.94. The number of carboxylic acid groups (broad SMARTS) is 1. The number of carboxylic acids is 1. The second-order valence-electron chi connectivity index (χ2n) is 5.53. The number of ether oxygens (including phenoxy) is 1. The summed E-state index contributed by atoms with van der Waals surface area (Å²) in [6.07, 6.45) is 2.18. The lowest BCUT2D eigenvalue weighted by Gasteiger charge is -2.24. The van der Waals surface area contributed by atoms with Gasteiger partial charge in [-0.2, -0.15) is 5.26 Å². The number of anilines is 3. The average molecular weight is 323 g/mol. The third-order valence-corrected chi connectivity index (χ3v) is 3.78. The van der Waals surface area contributed by atoms with Gasteiger partial charge in [0.2, 0.25) is 0 Å². The molecule has 24 heavy (non-hydrogen) atoms. The second kappa shape index (κ2) is 6.50. The minimum Gasteiger partial charge on any atom is -0.478 e. The molecule has 122 valence electrons. The van der Waals surface area contributed by atoms with Crippen LogP contribution in [-0.2, 0) is 0 Å². The average Bonchev–Trinajstić information content (AvgIpc) is 2.59. The van der Waals surface area contributed by atoms with E-state index in [9.17, 15) is 9.90 Å². The summed E-state index contributed by atoms with van der Waals surface area (Å²) >= 11 is 0. The number of unbranched alkanes of at least 4 members (excludes halogenated alkanes) is 1. The van der Waals surface area contributed by atoms with E-state index in [4.69, 9.17) is 10.00 Å². The molecule has 2 aromatic carbocycles. The van der Waals surface area contributed by atoms with Crippen LogP contribution >= 0.6 is 0 Å². The van der Waals surface area contributed by atoms with Crippen molar-refractivity contribution in [2.24, 2.45) is 0 Å². The van der Waals surface area contributed by atoms with Crippen molar-refractivity contribution < 1.29 is 14.6 Å². The first-order valence-electron chi connectivity index (χ1n) is 7.76. The maximum Gasteiger partial charge on any atom is 0.338 e. The van der Waals surface area contributed by atoms with Crippen LogP contribution in [0.4, 0.5) is 17.1 Å². The van der Waals surface area contributed by atoms with Crippen molar-refractivity contribution in [1.82, 2.24) is 0 Å². The highest BCUT2D eigenvalue weighted by Gasteiger charge is 2.23. The summed E-state index contributed by atoms with van der Waals surface area (Å²) in [5, 5.41) is 24.9. The summed E-state index contributed by atoms with van der Waals surface area (Å²) in [7, 11) is 0. The lowest BCUT2D eigenvalue weighted by molar-refractivity contribution is 0.0697. The number of hydrogen-bond donors (Lipinski definition) is 3. The van der Waals surface area contributed by atoms with Gasteiger partial charge in [-0.1, -0.05) is 13.3 Å². The van der Waals surface area contributed by atoms with E-state index in [0.717, 1.165) is 25.1 Å². The number of nitriles is 1. The maximum atomic E-state index is 11.5.